The molecule has 12 heteroatoms. The average molecular weight is 506 g/mol. The van der Waals surface area contributed by atoms with Crippen LogP contribution in [0.2, 0.25) is 10.0 Å². The molecule has 1 fully saturated rings. The Balaban J connectivity index is 1.54. The predicted octanol–water partition coefficient (Wildman–Crippen LogP) is 3.49. The standard InChI is InChI=1S/C22H21Cl2N5O5/c1-29-19(28-17(18(30)22(29)33)21(32)27-14-9-25-34-10-14)11-3-2-4-13(7-11)26-20(31)12-5-6-15(23)16(24)8-12/h5-6,8-11,13,30H,2-4,7H2,1H3,(H,26,31)(H,27,32)/t11?,13-/m1/s1. The highest BCUT2D eigenvalue weighted by Gasteiger charge is 2.30. The Labute approximate surface area is 203 Å². The molecule has 2 amide bonds. The van der Waals surface area contributed by atoms with E-state index < -0.39 is 17.2 Å². The summed E-state index contributed by atoms with van der Waals surface area (Å²) in [5.41, 5.74) is -0.473. The minimum atomic E-state index is -0.764. The van der Waals surface area contributed by atoms with Crippen LogP contribution in [0.4, 0.5) is 5.69 Å². The van der Waals surface area contributed by atoms with E-state index in [0.717, 1.165) is 12.8 Å². The maximum absolute atomic E-state index is 12.7. The van der Waals surface area contributed by atoms with E-state index in [1.807, 2.05) is 0 Å². The highest BCUT2D eigenvalue weighted by atomic mass is 35.5. The van der Waals surface area contributed by atoms with Crippen molar-refractivity contribution in [3.05, 3.63) is 68.1 Å². The quantitative estimate of drug-likeness (QED) is 0.481. The molecule has 1 aliphatic carbocycles. The zero-order valence-corrected chi connectivity index (χ0v) is 19.6. The van der Waals surface area contributed by atoms with Crippen molar-refractivity contribution < 1.29 is 19.2 Å². The molecular weight excluding hydrogens is 485 g/mol. The van der Waals surface area contributed by atoms with Gasteiger partial charge in [-0.3, -0.25) is 19.0 Å². The third-order valence-corrected chi connectivity index (χ3v) is 6.50. The molecule has 4 rings (SSSR count). The normalized spacial score (nSPS) is 17.9. The lowest BCUT2D eigenvalue weighted by Crippen LogP contribution is -2.39. The minimum absolute atomic E-state index is 0.180. The topological polar surface area (TPSA) is 139 Å². The van der Waals surface area contributed by atoms with E-state index >= 15 is 0 Å². The number of benzene rings is 1. The van der Waals surface area contributed by atoms with Crippen molar-refractivity contribution in [3.8, 4) is 5.75 Å². The Morgan fingerprint density at radius 3 is 2.71 bits per heavy atom. The van der Waals surface area contributed by atoms with Gasteiger partial charge in [-0.05, 0) is 37.5 Å². The smallest absolute Gasteiger partial charge is 0.296 e. The van der Waals surface area contributed by atoms with Crippen molar-refractivity contribution in [1.29, 1.82) is 0 Å². The lowest BCUT2D eigenvalue weighted by molar-refractivity contribution is 0.0924. The summed E-state index contributed by atoms with van der Waals surface area (Å²) in [6, 6.07) is 4.48. The number of rotatable bonds is 5. The van der Waals surface area contributed by atoms with Crippen LogP contribution in [0.1, 0.15) is 58.3 Å². The van der Waals surface area contributed by atoms with E-state index in [9.17, 15) is 19.5 Å². The maximum Gasteiger partial charge on any atom is 0.296 e. The summed E-state index contributed by atoms with van der Waals surface area (Å²) < 4.78 is 5.90. The van der Waals surface area contributed by atoms with Gasteiger partial charge >= 0.3 is 0 Å². The van der Waals surface area contributed by atoms with Crippen LogP contribution in [-0.4, -0.2) is 37.7 Å². The second kappa shape index (κ2) is 9.86. The molecule has 2 atom stereocenters. The summed E-state index contributed by atoms with van der Waals surface area (Å²) in [6.45, 7) is 0. The van der Waals surface area contributed by atoms with Crippen LogP contribution >= 0.6 is 23.2 Å². The van der Waals surface area contributed by atoms with Crippen molar-refractivity contribution in [3.63, 3.8) is 0 Å². The number of hydrogen-bond acceptors (Lipinski definition) is 7. The Kier molecular flexibility index (Phi) is 6.90. The number of halogens is 2. The number of aromatic nitrogens is 3. The first-order valence-corrected chi connectivity index (χ1v) is 11.3. The van der Waals surface area contributed by atoms with E-state index in [1.165, 1.54) is 30.1 Å². The van der Waals surface area contributed by atoms with E-state index in [2.05, 4.69) is 25.3 Å². The molecule has 0 bridgehead atoms. The molecule has 0 radical (unpaired) electrons. The number of aromatic hydroxyl groups is 1. The molecule has 3 N–H and O–H groups in total. The first-order chi connectivity index (χ1) is 16.2. The lowest BCUT2D eigenvalue weighted by Gasteiger charge is -2.30. The van der Waals surface area contributed by atoms with Gasteiger partial charge in [0.25, 0.3) is 17.4 Å². The molecule has 3 aromatic rings. The third kappa shape index (κ3) is 4.92. The molecule has 1 aromatic carbocycles. The first kappa shape index (κ1) is 23.8. The van der Waals surface area contributed by atoms with Crippen LogP contribution in [0.3, 0.4) is 0 Å². The van der Waals surface area contributed by atoms with Crippen LogP contribution in [-0.2, 0) is 7.05 Å². The number of anilines is 1. The van der Waals surface area contributed by atoms with Crippen LogP contribution < -0.4 is 16.2 Å². The van der Waals surface area contributed by atoms with Crippen molar-refractivity contribution in [1.82, 2.24) is 20.0 Å². The molecule has 0 saturated heterocycles. The second-order valence-corrected chi connectivity index (χ2v) is 8.88. The molecule has 10 nitrogen and oxygen atoms in total. The van der Waals surface area contributed by atoms with Crippen LogP contribution in [0.5, 0.6) is 5.75 Å². The molecule has 2 heterocycles. The molecular formula is C22H21Cl2N5O5. The predicted molar refractivity (Wildman–Crippen MR) is 125 cm³/mol. The maximum atomic E-state index is 12.7. The number of nitrogens with zero attached hydrogens (tertiary/aromatic N) is 3. The van der Waals surface area contributed by atoms with Crippen LogP contribution in [0.25, 0.3) is 0 Å². The number of carbonyl (C=O) groups excluding carboxylic acids is 2. The zero-order valence-electron chi connectivity index (χ0n) is 18.0. The first-order valence-electron chi connectivity index (χ1n) is 10.5. The third-order valence-electron chi connectivity index (χ3n) is 5.76. The summed E-state index contributed by atoms with van der Waals surface area (Å²) in [6.07, 6.45) is 5.21. The monoisotopic (exact) mass is 505 g/mol. The van der Waals surface area contributed by atoms with Gasteiger partial charge < -0.3 is 20.3 Å². The van der Waals surface area contributed by atoms with Gasteiger partial charge in [0.15, 0.2) is 5.69 Å². The van der Waals surface area contributed by atoms with Crippen LogP contribution in [0, 0.1) is 0 Å². The zero-order chi connectivity index (χ0) is 24.4. The fourth-order valence-corrected chi connectivity index (χ4v) is 4.35. The van der Waals surface area contributed by atoms with Crippen molar-refractivity contribution in [2.24, 2.45) is 7.05 Å². The summed E-state index contributed by atoms with van der Waals surface area (Å²) in [4.78, 5) is 42.3. The molecule has 1 saturated carbocycles. The van der Waals surface area contributed by atoms with Gasteiger partial charge in [-0.15, -0.1) is 0 Å². The van der Waals surface area contributed by atoms with Gasteiger partial charge in [-0.25, -0.2) is 4.98 Å². The number of carbonyl (C=O) groups is 2. The van der Waals surface area contributed by atoms with Gasteiger partial charge in [0, 0.05) is 24.6 Å². The average Bonchev–Trinajstić information content (AvgIpc) is 3.32. The van der Waals surface area contributed by atoms with Gasteiger partial charge in [-0.1, -0.05) is 34.8 Å². The highest BCUT2D eigenvalue weighted by Crippen LogP contribution is 2.32. The minimum Gasteiger partial charge on any atom is -0.501 e. The van der Waals surface area contributed by atoms with Crippen LogP contribution in [0.15, 0.2) is 40.0 Å². The molecule has 34 heavy (non-hydrogen) atoms. The van der Waals surface area contributed by atoms with Gasteiger partial charge in [0.05, 0.1) is 16.2 Å². The van der Waals surface area contributed by atoms with Gasteiger partial charge in [-0.2, -0.15) is 0 Å². The van der Waals surface area contributed by atoms with E-state index in [4.69, 9.17) is 23.2 Å². The number of hydrogen-bond donors (Lipinski definition) is 3. The number of nitrogens with one attached hydrogen (secondary N) is 2. The fourth-order valence-electron chi connectivity index (χ4n) is 4.05. The summed E-state index contributed by atoms with van der Waals surface area (Å²) in [5.74, 6) is -1.66. The van der Waals surface area contributed by atoms with Gasteiger partial charge in [0.2, 0.25) is 5.75 Å². The summed E-state index contributed by atoms with van der Waals surface area (Å²) >= 11 is 11.9. The molecule has 0 aliphatic heterocycles. The molecule has 1 aliphatic rings. The van der Waals surface area contributed by atoms with E-state index in [1.54, 1.807) is 12.1 Å². The Morgan fingerprint density at radius 2 is 2.00 bits per heavy atom. The largest absolute Gasteiger partial charge is 0.501 e. The van der Waals surface area contributed by atoms with Crippen molar-refractivity contribution in [2.45, 2.75) is 37.6 Å². The molecule has 0 spiro atoms. The van der Waals surface area contributed by atoms with Gasteiger partial charge in [0.1, 0.15) is 17.8 Å². The van der Waals surface area contributed by atoms with E-state index in [0.29, 0.717) is 29.3 Å². The Hall–Kier alpha value is -3.37. The molecule has 178 valence electrons. The van der Waals surface area contributed by atoms with Crippen molar-refractivity contribution in [2.75, 3.05) is 5.32 Å². The Bertz CT molecular complexity index is 1290. The Morgan fingerprint density at radius 1 is 1.21 bits per heavy atom. The fraction of sp³-hybridized carbons (Fsp3) is 0.318. The lowest BCUT2D eigenvalue weighted by atomic mass is 9.84. The second-order valence-electron chi connectivity index (χ2n) is 8.06. The van der Waals surface area contributed by atoms with E-state index in [-0.39, 0.29) is 34.3 Å². The summed E-state index contributed by atoms with van der Waals surface area (Å²) in [5, 5.41) is 19.9. The SMILES string of the molecule is Cn1c(C2CCC[C@@H](NC(=O)c3ccc(Cl)c(Cl)c3)C2)nc(C(=O)Nc2cnoc2)c(O)c1=O. The number of amides is 2. The molecule has 1 unspecified atom stereocenters. The molecule has 2 aromatic heterocycles. The summed E-state index contributed by atoms with van der Waals surface area (Å²) in [7, 11) is 1.49. The van der Waals surface area contributed by atoms with Crippen molar-refractivity contribution >= 4 is 40.7 Å². The highest BCUT2D eigenvalue weighted by molar-refractivity contribution is 6.42.